The Morgan fingerprint density at radius 1 is 1.04 bits per heavy atom. The zero-order chi connectivity index (χ0) is 17.8. The molecule has 0 saturated heterocycles. The summed E-state index contributed by atoms with van der Waals surface area (Å²) in [4.78, 5) is 1.24. The first-order chi connectivity index (χ1) is 12.1. The minimum atomic E-state index is 0.161. The first-order valence-electron chi connectivity index (χ1n) is 7.89. The van der Waals surface area contributed by atoms with Crippen LogP contribution in [0.3, 0.4) is 0 Å². The van der Waals surface area contributed by atoms with Crippen LogP contribution in [0.15, 0.2) is 66.3 Å². The molecule has 0 bridgehead atoms. The Balaban J connectivity index is 2.05. The molecule has 2 heterocycles. The van der Waals surface area contributed by atoms with Gasteiger partial charge in [0.05, 0.1) is 4.88 Å². The fraction of sp³-hybridized carbons (Fsp3) is 0.100. The van der Waals surface area contributed by atoms with E-state index < -0.39 is 0 Å². The number of aliphatic hydroxyl groups excluding tert-OH is 1. The van der Waals surface area contributed by atoms with Gasteiger partial charge >= 0.3 is 0 Å². The van der Waals surface area contributed by atoms with Crippen LogP contribution in [0.25, 0.3) is 11.5 Å². The first kappa shape index (κ1) is 17.3. The molecule has 0 atom stereocenters. The number of hydrogen-bond donors (Lipinski definition) is 2. The Labute approximate surface area is 156 Å². The van der Waals surface area contributed by atoms with E-state index in [-0.39, 0.29) is 5.76 Å². The average Bonchev–Trinajstić information content (AvgIpc) is 3.15. The third-order valence-electron chi connectivity index (χ3n) is 4.02. The minimum Gasteiger partial charge on any atom is -0.501 e. The molecule has 0 aliphatic rings. The Morgan fingerprint density at radius 2 is 1.80 bits per heavy atom. The molecule has 5 heteroatoms. The van der Waals surface area contributed by atoms with Crippen LogP contribution < -0.4 is 9.88 Å². The van der Waals surface area contributed by atoms with Crippen molar-refractivity contribution in [1.82, 2.24) is 0 Å². The number of aliphatic hydroxyl groups is 1. The molecule has 0 unspecified atom stereocenters. The summed E-state index contributed by atoms with van der Waals surface area (Å²) in [5.74, 6) is 0.161. The van der Waals surface area contributed by atoms with Crippen LogP contribution in [0.1, 0.15) is 16.0 Å². The van der Waals surface area contributed by atoms with Crippen molar-refractivity contribution in [1.29, 1.82) is 0 Å². The molecule has 3 nitrogen and oxygen atoms in total. The standard InChI is InChI=1S/C20H18N2OS2/c1-14-8-6-9-16(15(14)2)21-20(24)18(22-11-4-3-5-12-22)19(23)17-10-7-13-25-17/h3-13H,1-2H3,(H-,21,23,24)/p+1. The van der Waals surface area contributed by atoms with Gasteiger partial charge in [0.15, 0.2) is 17.4 Å². The van der Waals surface area contributed by atoms with Gasteiger partial charge in [-0.15, -0.1) is 11.3 Å². The van der Waals surface area contributed by atoms with E-state index in [2.05, 4.69) is 25.2 Å². The van der Waals surface area contributed by atoms with E-state index in [0.717, 1.165) is 16.1 Å². The molecular weight excluding hydrogens is 348 g/mol. The maximum absolute atomic E-state index is 10.8. The summed E-state index contributed by atoms with van der Waals surface area (Å²) in [6, 6.07) is 15.6. The van der Waals surface area contributed by atoms with Crippen molar-refractivity contribution >= 4 is 45.7 Å². The average molecular weight is 368 g/mol. The predicted octanol–water partition coefficient (Wildman–Crippen LogP) is 4.98. The molecule has 0 amide bonds. The molecule has 0 fully saturated rings. The molecule has 0 saturated carbocycles. The van der Waals surface area contributed by atoms with Crippen molar-refractivity contribution in [2.45, 2.75) is 13.8 Å². The molecule has 0 aliphatic heterocycles. The summed E-state index contributed by atoms with van der Waals surface area (Å²) in [5.41, 5.74) is 3.82. The van der Waals surface area contributed by atoms with Crippen LogP contribution in [-0.2, 0) is 0 Å². The molecule has 2 N–H and O–H groups in total. The Kier molecular flexibility index (Phi) is 5.26. The fourth-order valence-electron chi connectivity index (χ4n) is 2.49. The summed E-state index contributed by atoms with van der Waals surface area (Å²) in [6.07, 6.45) is 3.74. The van der Waals surface area contributed by atoms with Gasteiger partial charge in [0.25, 0.3) is 5.70 Å². The third kappa shape index (κ3) is 3.78. The molecular formula is C20H19N2OS2+. The van der Waals surface area contributed by atoms with Gasteiger partial charge in [-0.05, 0) is 42.5 Å². The van der Waals surface area contributed by atoms with Crippen molar-refractivity contribution in [2.75, 3.05) is 5.32 Å². The van der Waals surface area contributed by atoms with Crippen LogP contribution in [0.5, 0.6) is 0 Å². The monoisotopic (exact) mass is 367 g/mol. The molecule has 0 radical (unpaired) electrons. The lowest BCUT2D eigenvalue weighted by Crippen LogP contribution is -2.38. The van der Waals surface area contributed by atoms with E-state index in [4.69, 9.17) is 12.2 Å². The molecule has 0 spiro atoms. The summed E-state index contributed by atoms with van der Waals surface area (Å²) >= 11 is 7.12. The molecule has 0 aliphatic carbocycles. The Morgan fingerprint density at radius 3 is 2.48 bits per heavy atom. The molecule has 2 aromatic heterocycles. The molecule has 25 heavy (non-hydrogen) atoms. The third-order valence-corrected chi connectivity index (χ3v) is 5.19. The van der Waals surface area contributed by atoms with E-state index in [1.54, 1.807) is 0 Å². The van der Waals surface area contributed by atoms with Crippen LogP contribution in [0.2, 0.25) is 0 Å². The van der Waals surface area contributed by atoms with E-state index in [1.807, 2.05) is 64.8 Å². The second-order valence-corrected chi connectivity index (χ2v) is 7.01. The van der Waals surface area contributed by atoms with Gasteiger partial charge < -0.3 is 10.4 Å². The van der Waals surface area contributed by atoms with Crippen LogP contribution in [0.4, 0.5) is 5.69 Å². The lowest BCUT2D eigenvalue weighted by molar-refractivity contribution is -0.575. The number of aromatic nitrogens is 1. The molecule has 126 valence electrons. The zero-order valence-electron chi connectivity index (χ0n) is 14.1. The van der Waals surface area contributed by atoms with Gasteiger partial charge in [-0.25, -0.2) is 0 Å². The second-order valence-electron chi connectivity index (χ2n) is 5.66. The lowest BCUT2D eigenvalue weighted by Gasteiger charge is -2.12. The van der Waals surface area contributed by atoms with Gasteiger partial charge in [-0.3, -0.25) is 0 Å². The van der Waals surface area contributed by atoms with Crippen LogP contribution in [-0.4, -0.2) is 10.1 Å². The van der Waals surface area contributed by atoms with Crippen molar-refractivity contribution in [3.63, 3.8) is 0 Å². The number of thiophene rings is 1. The number of hydrogen-bond acceptors (Lipinski definition) is 3. The van der Waals surface area contributed by atoms with Gasteiger partial charge in [0.1, 0.15) is 0 Å². The SMILES string of the molecule is Cc1cccc(NC(=S)C(=C(O)c2cccs2)[n+]2ccccc2)c1C. The lowest BCUT2D eigenvalue weighted by atomic mass is 10.1. The summed E-state index contributed by atoms with van der Waals surface area (Å²) in [7, 11) is 0. The number of nitrogens with one attached hydrogen (secondary N) is 1. The maximum atomic E-state index is 10.8. The van der Waals surface area contributed by atoms with E-state index in [1.165, 1.54) is 16.9 Å². The van der Waals surface area contributed by atoms with E-state index >= 15 is 0 Å². The topological polar surface area (TPSA) is 36.1 Å². The van der Waals surface area contributed by atoms with Gasteiger partial charge in [0, 0.05) is 17.8 Å². The van der Waals surface area contributed by atoms with Gasteiger partial charge in [0.2, 0.25) is 5.76 Å². The normalized spacial score (nSPS) is 11.8. The number of pyridine rings is 1. The van der Waals surface area contributed by atoms with Crippen LogP contribution in [0, 0.1) is 13.8 Å². The number of benzene rings is 1. The predicted molar refractivity (Wildman–Crippen MR) is 109 cm³/mol. The van der Waals surface area contributed by atoms with Gasteiger partial charge in [-0.2, -0.15) is 4.57 Å². The van der Waals surface area contributed by atoms with Crippen molar-refractivity contribution < 1.29 is 9.67 Å². The minimum absolute atomic E-state index is 0.161. The smallest absolute Gasteiger partial charge is 0.289 e. The number of aryl methyl sites for hydroxylation is 1. The highest BCUT2D eigenvalue weighted by molar-refractivity contribution is 7.81. The fourth-order valence-corrected chi connectivity index (χ4v) is 3.47. The zero-order valence-corrected chi connectivity index (χ0v) is 15.7. The summed E-state index contributed by atoms with van der Waals surface area (Å²) in [6.45, 7) is 4.12. The van der Waals surface area contributed by atoms with E-state index in [9.17, 15) is 5.11 Å². The second kappa shape index (κ2) is 7.59. The van der Waals surface area contributed by atoms with Crippen molar-refractivity contribution in [2.24, 2.45) is 0 Å². The molecule has 1 aromatic carbocycles. The van der Waals surface area contributed by atoms with Gasteiger partial charge in [-0.1, -0.05) is 36.5 Å². The maximum Gasteiger partial charge on any atom is 0.289 e. The first-order valence-corrected chi connectivity index (χ1v) is 9.18. The van der Waals surface area contributed by atoms with E-state index in [0.29, 0.717) is 10.7 Å². The quantitative estimate of drug-likeness (QED) is 0.296. The number of nitrogens with zero attached hydrogens (tertiary/aromatic N) is 1. The Bertz CT molecular complexity index is 916. The molecule has 3 rings (SSSR count). The number of rotatable bonds is 4. The Hall–Kier alpha value is -2.50. The summed E-state index contributed by atoms with van der Waals surface area (Å²) < 4.78 is 1.83. The van der Waals surface area contributed by atoms with Crippen molar-refractivity contribution in [3.8, 4) is 0 Å². The van der Waals surface area contributed by atoms with Crippen molar-refractivity contribution in [3.05, 3.63) is 82.3 Å². The highest BCUT2D eigenvalue weighted by Crippen LogP contribution is 2.24. The largest absolute Gasteiger partial charge is 0.501 e. The highest BCUT2D eigenvalue weighted by Gasteiger charge is 2.24. The number of thiocarbonyl (C=S) groups is 1. The number of anilines is 1. The molecule has 3 aromatic rings. The highest BCUT2D eigenvalue weighted by atomic mass is 32.1. The van der Waals surface area contributed by atoms with Crippen LogP contribution >= 0.6 is 23.6 Å². The summed E-state index contributed by atoms with van der Waals surface area (Å²) in [5, 5.41) is 16.1.